The van der Waals surface area contributed by atoms with E-state index in [0.29, 0.717) is 6.04 Å². The van der Waals surface area contributed by atoms with Gasteiger partial charge in [-0.1, -0.05) is 38.0 Å². The topological polar surface area (TPSA) is 12.0 Å². The predicted octanol–water partition coefficient (Wildman–Crippen LogP) is 3.84. The first-order valence-corrected chi connectivity index (χ1v) is 5.46. The van der Waals surface area contributed by atoms with E-state index in [1.54, 1.807) is 0 Å². The molecule has 0 aliphatic rings. The SMILES string of the molecule is CC[C@H](C)[C@H](C)Nc1ccc(C)cc1. The Morgan fingerprint density at radius 1 is 1.14 bits per heavy atom. The van der Waals surface area contributed by atoms with Gasteiger partial charge < -0.3 is 5.32 Å². The van der Waals surface area contributed by atoms with E-state index in [1.165, 1.54) is 17.7 Å². The Morgan fingerprint density at radius 2 is 1.71 bits per heavy atom. The fraction of sp³-hybridized carbons (Fsp3) is 0.538. The third-order valence-electron chi connectivity index (χ3n) is 2.94. The molecule has 0 saturated carbocycles. The van der Waals surface area contributed by atoms with Gasteiger partial charge in [0.05, 0.1) is 0 Å². The summed E-state index contributed by atoms with van der Waals surface area (Å²) in [6, 6.07) is 9.13. The van der Waals surface area contributed by atoms with Crippen molar-refractivity contribution in [2.24, 2.45) is 5.92 Å². The first-order chi connectivity index (χ1) is 6.63. The molecule has 0 bridgehead atoms. The minimum absolute atomic E-state index is 0.544. The monoisotopic (exact) mass is 191 g/mol. The van der Waals surface area contributed by atoms with Crippen molar-refractivity contribution in [2.45, 2.75) is 40.2 Å². The van der Waals surface area contributed by atoms with Gasteiger partial charge in [0.25, 0.3) is 0 Å². The number of hydrogen-bond acceptors (Lipinski definition) is 1. The van der Waals surface area contributed by atoms with Crippen molar-refractivity contribution in [1.29, 1.82) is 0 Å². The first-order valence-electron chi connectivity index (χ1n) is 5.46. The second kappa shape index (κ2) is 5.04. The van der Waals surface area contributed by atoms with E-state index in [0.717, 1.165) is 5.92 Å². The van der Waals surface area contributed by atoms with Gasteiger partial charge in [0.1, 0.15) is 0 Å². The zero-order valence-electron chi connectivity index (χ0n) is 9.67. The summed E-state index contributed by atoms with van der Waals surface area (Å²) in [4.78, 5) is 0. The highest BCUT2D eigenvalue weighted by atomic mass is 14.9. The van der Waals surface area contributed by atoms with Crippen LogP contribution in [0.15, 0.2) is 24.3 Å². The van der Waals surface area contributed by atoms with Crippen LogP contribution in [0.1, 0.15) is 32.8 Å². The molecule has 0 aliphatic carbocycles. The summed E-state index contributed by atoms with van der Waals surface area (Å²) in [6.45, 7) is 8.87. The van der Waals surface area contributed by atoms with Crippen LogP contribution in [0.5, 0.6) is 0 Å². The van der Waals surface area contributed by atoms with Crippen molar-refractivity contribution in [3.63, 3.8) is 0 Å². The molecule has 2 atom stereocenters. The number of benzene rings is 1. The minimum atomic E-state index is 0.544. The van der Waals surface area contributed by atoms with E-state index in [-0.39, 0.29) is 0 Å². The van der Waals surface area contributed by atoms with E-state index >= 15 is 0 Å². The third kappa shape index (κ3) is 3.06. The van der Waals surface area contributed by atoms with Crippen LogP contribution in [0, 0.1) is 12.8 Å². The minimum Gasteiger partial charge on any atom is -0.382 e. The van der Waals surface area contributed by atoms with Gasteiger partial charge in [-0.25, -0.2) is 0 Å². The maximum Gasteiger partial charge on any atom is 0.0342 e. The molecule has 14 heavy (non-hydrogen) atoms. The standard InChI is InChI=1S/C13H21N/c1-5-11(3)12(4)14-13-8-6-10(2)7-9-13/h6-9,11-12,14H,5H2,1-4H3/t11-,12-/m0/s1. The van der Waals surface area contributed by atoms with E-state index < -0.39 is 0 Å². The predicted molar refractivity (Wildman–Crippen MR) is 63.7 cm³/mol. The molecule has 0 spiro atoms. The van der Waals surface area contributed by atoms with Crippen molar-refractivity contribution in [1.82, 2.24) is 0 Å². The smallest absolute Gasteiger partial charge is 0.0342 e. The van der Waals surface area contributed by atoms with Crippen LogP contribution in [0.4, 0.5) is 5.69 Å². The van der Waals surface area contributed by atoms with Gasteiger partial charge in [-0.15, -0.1) is 0 Å². The van der Waals surface area contributed by atoms with Gasteiger partial charge in [-0.3, -0.25) is 0 Å². The Bertz CT molecular complexity index is 263. The molecule has 0 fully saturated rings. The van der Waals surface area contributed by atoms with E-state index in [2.05, 4.69) is 57.3 Å². The Hall–Kier alpha value is -0.980. The van der Waals surface area contributed by atoms with Crippen LogP contribution in [0.25, 0.3) is 0 Å². The molecule has 0 aromatic heterocycles. The lowest BCUT2D eigenvalue weighted by atomic mass is 10.0. The molecule has 1 heteroatoms. The maximum absolute atomic E-state index is 3.52. The quantitative estimate of drug-likeness (QED) is 0.762. The molecule has 1 aromatic rings. The second-order valence-electron chi connectivity index (χ2n) is 4.18. The molecule has 1 N–H and O–H groups in total. The summed E-state index contributed by atoms with van der Waals surface area (Å²) in [5, 5.41) is 3.52. The fourth-order valence-corrected chi connectivity index (χ4v) is 1.41. The number of rotatable bonds is 4. The van der Waals surface area contributed by atoms with E-state index in [1.807, 2.05) is 0 Å². The van der Waals surface area contributed by atoms with Crippen molar-refractivity contribution < 1.29 is 0 Å². The van der Waals surface area contributed by atoms with Gasteiger partial charge >= 0.3 is 0 Å². The van der Waals surface area contributed by atoms with Crippen LogP contribution < -0.4 is 5.32 Å². The second-order valence-corrected chi connectivity index (χ2v) is 4.18. The van der Waals surface area contributed by atoms with E-state index in [4.69, 9.17) is 0 Å². The number of nitrogens with one attached hydrogen (secondary N) is 1. The third-order valence-corrected chi connectivity index (χ3v) is 2.94. The summed E-state index contributed by atoms with van der Waals surface area (Å²) < 4.78 is 0. The number of aryl methyl sites for hydroxylation is 1. The van der Waals surface area contributed by atoms with Crippen molar-refractivity contribution in [3.05, 3.63) is 29.8 Å². The molecule has 1 rings (SSSR count). The normalized spacial score (nSPS) is 14.9. The molecule has 0 heterocycles. The molecule has 0 amide bonds. The Kier molecular flexibility index (Phi) is 3.99. The lowest BCUT2D eigenvalue weighted by Crippen LogP contribution is -2.23. The Balaban J connectivity index is 2.56. The number of hydrogen-bond donors (Lipinski definition) is 1. The molecular weight excluding hydrogens is 170 g/mol. The number of anilines is 1. The van der Waals surface area contributed by atoms with Crippen LogP contribution in [-0.4, -0.2) is 6.04 Å². The fourth-order valence-electron chi connectivity index (χ4n) is 1.41. The zero-order valence-corrected chi connectivity index (χ0v) is 9.67. The molecule has 78 valence electrons. The maximum atomic E-state index is 3.52. The van der Waals surface area contributed by atoms with Gasteiger partial charge in [0.2, 0.25) is 0 Å². The highest BCUT2D eigenvalue weighted by molar-refractivity contribution is 5.45. The summed E-state index contributed by atoms with van der Waals surface area (Å²) in [7, 11) is 0. The van der Waals surface area contributed by atoms with Gasteiger partial charge in [-0.2, -0.15) is 0 Å². The Morgan fingerprint density at radius 3 is 2.21 bits per heavy atom. The van der Waals surface area contributed by atoms with Gasteiger partial charge in [0.15, 0.2) is 0 Å². The highest BCUT2D eigenvalue weighted by Gasteiger charge is 2.08. The summed E-state index contributed by atoms with van der Waals surface area (Å²) in [5.74, 6) is 0.719. The lowest BCUT2D eigenvalue weighted by molar-refractivity contribution is 0.494. The van der Waals surface area contributed by atoms with Crippen LogP contribution in [0.3, 0.4) is 0 Å². The average Bonchev–Trinajstić information content (AvgIpc) is 2.20. The molecule has 0 unspecified atom stereocenters. The molecule has 1 nitrogen and oxygen atoms in total. The zero-order chi connectivity index (χ0) is 10.6. The van der Waals surface area contributed by atoms with Crippen LogP contribution in [0.2, 0.25) is 0 Å². The van der Waals surface area contributed by atoms with Crippen molar-refractivity contribution in [3.8, 4) is 0 Å². The van der Waals surface area contributed by atoms with Gasteiger partial charge in [0, 0.05) is 11.7 Å². The lowest BCUT2D eigenvalue weighted by Gasteiger charge is -2.21. The summed E-state index contributed by atoms with van der Waals surface area (Å²) >= 11 is 0. The van der Waals surface area contributed by atoms with Gasteiger partial charge in [-0.05, 0) is 31.9 Å². The first kappa shape index (κ1) is 11.1. The van der Waals surface area contributed by atoms with E-state index in [9.17, 15) is 0 Å². The average molecular weight is 191 g/mol. The van der Waals surface area contributed by atoms with Crippen molar-refractivity contribution >= 4 is 5.69 Å². The van der Waals surface area contributed by atoms with Crippen LogP contribution >= 0.6 is 0 Å². The summed E-state index contributed by atoms with van der Waals surface area (Å²) in [5.41, 5.74) is 2.54. The molecule has 1 aromatic carbocycles. The molecule has 0 aliphatic heterocycles. The molecular formula is C13H21N. The largest absolute Gasteiger partial charge is 0.382 e. The Labute approximate surface area is 87.5 Å². The highest BCUT2D eigenvalue weighted by Crippen LogP contribution is 2.15. The van der Waals surface area contributed by atoms with Crippen molar-refractivity contribution in [2.75, 3.05) is 5.32 Å². The summed E-state index contributed by atoms with van der Waals surface area (Å²) in [6.07, 6.45) is 1.22. The molecule has 0 saturated heterocycles. The van der Waals surface area contributed by atoms with Crippen LogP contribution in [-0.2, 0) is 0 Å². The molecule has 0 radical (unpaired) electrons.